The first-order chi connectivity index (χ1) is 8.15. The Hall–Kier alpha value is -2.10. The van der Waals surface area contributed by atoms with E-state index in [1.54, 1.807) is 24.3 Å². The number of phenols is 1. The van der Waals surface area contributed by atoms with Crippen LogP contribution in [0.3, 0.4) is 0 Å². The predicted molar refractivity (Wildman–Crippen MR) is 61.8 cm³/mol. The van der Waals surface area contributed by atoms with Gasteiger partial charge < -0.3 is 10.4 Å². The van der Waals surface area contributed by atoms with Crippen molar-refractivity contribution >= 4 is 5.69 Å². The van der Waals surface area contributed by atoms with Crippen molar-refractivity contribution < 1.29 is 13.9 Å². The largest absolute Gasteiger partial charge is 0.508 e. The smallest absolute Gasteiger partial charge is 0.149 e. The molecule has 0 aromatic heterocycles. The van der Waals surface area contributed by atoms with Crippen LogP contribution in [-0.2, 0) is 6.54 Å². The summed E-state index contributed by atoms with van der Waals surface area (Å²) in [5, 5.41) is 12.1. The molecule has 2 aromatic carbocycles. The van der Waals surface area contributed by atoms with Gasteiger partial charge in [-0.15, -0.1) is 0 Å². The average molecular weight is 235 g/mol. The lowest BCUT2D eigenvalue weighted by Crippen LogP contribution is -2.01. The fourth-order valence-electron chi connectivity index (χ4n) is 1.50. The van der Waals surface area contributed by atoms with Gasteiger partial charge in [-0.25, -0.2) is 8.78 Å². The quantitative estimate of drug-likeness (QED) is 0.855. The third-order valence-electron chi connectivity index (χ3n) is 2.32. The van der Waals surface area contributed by atoms with Crippen molar-refractivity contribution in [2.24, 2.45) is 0 Å². The standard InChI is InChI=1S/C13H11F2NO/c14-10-4-5-13(12(15)7-10)16-8-9-2-1-3-11(17)6-9/h1-7,16-17H,8H2. The second-order valence-electron chi connectivity index (χ2n) is 3.65. The lowest BCUT2D eigenvalue weighted by atomic mass is 10.2. The fraction of sp³-hybridized carbons (Fsp3) is 0.0769. The highest BCUT2D eigenvalue weighted by atomic mass is 19.1. The Morgan fingerprint density at radius 2 is 1.88 bits per heavy atom. The number of phenolic OH excluding ortho intramolecular Hbond substituents is 1. The number of nitrogens with one attached hydrogen (secondary N) is 1. The van der Waals surface area contributed by atoms with E-state index in [9.17, 15) is 13.9 Å². The second-order valence-corrected chi connectivity index (χ2v) is 3.65. The van der Waals surface area contributed by atoms with Crippen molar-refractivity contribution in [1.29, 1.82) is 0 Å². The summed E-state index contributed by atoms with van der Waals surface area (Å²) in [7, 11) is 0. The third-order valence-corrected chi connectivity index (χ3v) is 2.32. The van der Waals surface area contributed by atoms with E-state index in [2.05, 4.69) is 5.32 Å². The van der Waals surface area contributed by atoms with Crippen molar-refractivity contribution in [2.45, 2.75) is 6.54 Å². The van der Waals surface area contributed by atoms with E-state index in [1.165, 1.54) is 12.1 Å². The molecule has 0 spiro atoms. The molecule has 0 amide bonds. The van der Waals surface area contributed by atoms with Crippen molar-refractivity contribution in [2.75, 3.05) is 5.32 Å². The molecule has 0 saturated heterocycles. The maximum absolute atomic E-state index is 13.3. The van der Waals surface area contributed by atoms with Gasteiger partial charge in [-0.2, -0.15) is 0 Å². The minimum Gasteiger partial charge on any atom is -0.508 e. The van der Waals surface area contributed by atoms with E-state index in [1.807, 2.05) is 0 Å². The molecular formula is C13H11F2NO. The number of rotatable bonds is 3. The Bertz CT molecular complexity index is 529. The van der Waals surface area contributed by atoms with Crippen LogP contribution in [0, 0.1) is 11.6 Å². The molecule has 0 fully saturated rings. The Kier molecular flexibility index (Phi) is 3.23. The number of hydrogen-bond donors (Lipinski definition) is 2. The molecule has 0 aliphatic carbocycles. The highest BCUT2D eigenvalue weighted by Crippen LogP contribution is 2.17. The van der Waals surface area contributed by atoms with Gasteiger partial charge in [0.05, 0.1) is 5.69 Å². The highest BCUT2D eigenvalue weighted by molar-refractivity contribution is 5.45. The zero-order chi connectivity index (χ0) is 12.3. The Morgan fingerprint density at radius 1 is 1.06 bits per heavy atom. The Balaban J connectivity index is 2.07. The highest BCUT2D eigenvalue weighted by Gasteiger charge is 2.03. The van der Waals surface area contributed by atoms with Crippen LogP contribution in [0.5, 0.6) is 5.75 Å². The van der Waals surface area contributed by atoms with E-state index < -0.39 is 11.6 Å². The van der Waals surface area contributed by atoms with Gasteiger partial charge in [0.2, 0.25) is 0 Å². The van der Waals surface area contributed by atoms with Crippen LogP contribution < -0.4 is 5.32 Å². The molecule has 0 atom stereocenters. The summed E-state index contributed by atoms with van der Waals surface area (Å²) >= 11 is 0. The minimum atomic E-state index is -0.634. The molecule has 0 aliphatic rings. The van der Waals surface area contributed by atoms with Gasteiger partial charge >= 0.3 is 0 Å². The van der Waals surface area contributed by atoms with Crippen LogP contribution >= 0.6 is 0 Å². The molecule has 2 nitrogen and oxygen atoms in total. The summed E-state index contributed by atoms with van der Waals surface area (Å²) in [6.45, 7) is 0.358. The van der Waals surface area contributed by atoms with E-state index in [4.69, 9.17) is 0 Å². The molecule has 0 unspecified atom stereocenters. The molecule has 0 saturated carbocycles. The molecule has 2 aromatic rings. The molecule has 2 rings (SSSR count). The molecule has 0 bridgehead atoms. The number of benzene rings is 2. The fourth-order valence-corrected chi connectivity index (χ4v) is 1.50. The lowest BCUT2D eigenvalue weighted by Gasteiger charge is -2.07. The van der Waals surface area contributed by atoms with Crippen LogP contribution in [0.2, 0.25) is 0 Å². The summed E-state index contributed by atoms with van der Waals surface area (Å²) in [6.07, 6.45) is 0. The first-order valence-electron chi connectivity index (χ1n) is 5.12. The van der Waals surface area contributed by atoms with E-state index >= 15 is 0 Å². The van der Waals surface area contributed by atoms with Gasteiger partial charge in [0, 0.05) is 12.6 Å². The molecule has 17 heavy (non-hydrogen) atoms. The molecule has 4 heteroatoms. The number of aromatic hydroxyl groups is 1. The lowest BCUT2D eigenvalue weighted by molar-refractivity contribution is 0.474. The molecule has 0 heterocycles. The summed E-state index contributed by atoms with van der Waals surface area (Å²) in [5.74, 6) is -1.08. The molecule has 0 radical (unpaired) electrons. The zero-order valence-corrected chi connectivity index (χ0v) is 8.95. The summed E-state index contributed by atoms with van der Waals surface area (Å²) in [4.78, 5) is 0. The van der Waals surface area contributed by atoms with Crippen molar-refractivity contribution in [3.63, 3.8) is 0 Å². The number of anilines is 1. The van der Waals surface area contributed by atoms with E-state index in [0.717, 1.165) is 11.6 Å². The van der Waals surface area contributed by atoms with Crippen molar-refractivity contribution in [1.82, 2.24) is 0 Å². The van der Waals surface area contributed by atoms with Crippen molar-refractivity contribution in [3.05, 3.63) is 59.7 Å². The van der Waals surface area contributed by atoms with Crippen LogP contribution in [0.4, 0.5) is 14.5 Å². The van der Waals surface area contributed by atoms with Crippen LogP contribution in [0.1, 0.15) is 5.56 Å². The van der Waals surface area contributed by atoms with Crippen molar-refractivity contribution in [3.8, 4) is 5.75 Å². The van der Waals surface area contributed by atoms with E-state index in [-0.39, 0.29) is 11.4 Å². The predicted octanol–water partition coefficient (Wildman–Crippen LogP) is 3.28. The van der Waals surface area contributed by atoms with Gasteiger partial charge in [-0.05, 0) is 29.8 Å². The molecular weight excluding hydrogens is 224 g/mol. The molecule has 88 valence electrons. The molecule has 0 aliphatic heterocycles. The normalized spacial score (nSPS) is 10.2. The van der Waals surface area contributed by atoms with Crippen LogP contribution in [0.25, 0.3) is 0 Å². The molecule has 2 N–H and O–H groups in total. The summed E-state index contributed by atoms with van der Waals surface area (Å²) in [6, 6.07) is 9.99. The van der Waals surface area contributed by atoms with Gasteiger partial charge in [-0.1, -0.05) is 12.1 Å². The minimum absolute atomic E-state index is 0.156. The second kappa shape index (κ2) is 4.82. The van der Waals surface area contributed by atoms with Gasteiger partial charge in [-0.3, -0.25) is 0 Å². The number of hydrogen-bond acceptors (Lipinski definition) is 2. The van der Waals surface area contributed by atoms with Gasteiger partial charge in [0.15, 0.2) is 0 Å². The number of halogens is 2. The van der Waals surface area contributed by atoms with Gasteiger partial charge in [0.1, 0.15) is 17.4 Å². The maximum atomic E-state index is 13.3. The monoisotopic (exact) mass is 235 g/mol. The SMILES string of the molecule is Oc1cccc(CNc2ccc(F)cc2F)c1. The van der Waals surface area contributed by atoms with E-state index in [0.29, 0.717) is 6.54 Å². The maximum Gasteiger partial charge on any atom is 0.149 e. The van der Waals surface area contributed by atoms with Gasteiger partial charge in [0.25, 0.3) is 0 Å². The first-order valence-corrected chi connectivity index (χ1v) is 5.12. The van der Waals surface area contributed by atoms with Crippen LogP contribution in [0.15, 0.2) is 42.5 Å². The third kappa shape index (κ3) is 2.93. The van der Waals surface area contributed by atoms with Crippen LogP contribution in [-0.4, -0.2) is 5.11 Å². The average Bonchev–Trinajstić information content (AvgIpc) is 2.28. The Morgan fingerprint density at radius 3 is 2.59 bits per heavy atom. The first kappa shape index (κ1) is 11.4. The summed E-state index contributed by atoms with van der Waals surface area (Å²) in [5.41, 5.74) is 1.04. The summed E-state index contributed by atoms with van der Waals surface area (Å²) < 4.78 is 25.9. The zero-order valence-electron chi connectivity index (χ0n) is 8.95. The Labute approximate surface area is 97.5 Å². The topological polar surface area (TPSA) is 32.3 Å².